The number of hydrogen-bond acceptors (Lipinski definition) is 6. The molecule has 1 saturated heterocycles. The number of fused-ring (bicyclic) bond motifs is 1. The van der Waals surface area contributed by atoms with E-state index in [1.165, 1.54) is 16.8 Å². The van der Waals surface area contributed by atoms with Gasteiger partial charge in [-0.2, -0.15) is 9.61 Å². The quantitative estimate of drug-likeness (QED) is 0.633. The van der Waals surface area contributed by atoms with Crippen molar-refractivity contribution in [3.63, 3.8) is 0 Å². The number of carbonyl (C=O) groups is 2. The first-order valence-corrected chi connectivity index (χ1v) is 11.3. The highest BCUT2D eigenvalue weighted by Crippen LogP contribution is 2.25. The summed E-state index contributed by atoms with van der Waals surface area (Å²) >= 11 is 0. The van der Waals surface area contributed by atoms with Crippen molar-refractivity contribution in [2.24, 2.45) is 5.92 Å². The molecule has 4 rings (SSSR count). The third-order valence-electron chi connectivity index (χ3n) is 5.92. The Balaban J connectivity index is 1.75. The van der Waals surface area contributed by atoms with Gasteiger partial charge in [0.1, 0.15) is 5.65 Å². The van der Waals surface area contributed by atoms with Crippen molar-refractivity contribution in [1.82, 2.24) is 24.4 Å². The molecule has 2 aliphatic rings. The molecule has 2 N–H and O–H groups in total. The zero-order valence-electron chi connectivity index (χ0n) is 19.5. The van der Waals surface area contributed by atoms with E-state index >= 15 is 0 Å². The van der Waals surface area contributed by atoms with Crippen LogP contribution in [0.5, 0.6) is 5.88 Å². The molecule has 1 aliphatic carbocycles. The van der Waals surface area contributed by atoms with E-state index in [1.807, 2.05) is 27.7 Å². The number of amides is 2. The number of nitrogens with one attached hydrogen (secondary N) is 1. The molecular formula is C23H31N5O5. The van der Waals surface area contributed by atoms with Crippen LogP contribution < -0.4 is 10.9 Å². The number of hydrogen-bond donors (Lipinski definition) is 2. The summed E-state index contributed by atoms with van der Waals surface area (Å²) in [6.45, 7) is 9.60. The molecule has 2 aromatic heterocycles. The number of ether oxygens (including phenoxy) is 1. The van der Waals surface area contributed by atoms with Crippen LogP contribution in [0.3, 0.4) is 0 Å². The second-order valence-electron chi connectivity index (χ2n) is 9.78. The zero-order chi connectivity index (χ0) is 23.9. The van der Waals surface area contributed by atoms with Crippen LogP contribution in [0.2, 0.25) is 0 Å². The molecule has 1 aliphatic heterocycles. The van der Waals surface area contributed by atoms with Gasteiger partial charge in [0.15, 0.2) is 5.56 Å². The molecular weight excluding hydrogens is 426 g/mol. The van der Waals surface area contributed by atoms with Crippen LogP contribution in [0.15, 0.2) is 17.1 Å². The van der Waals surface area contributed by atoms with Crippen molar-refractivity contribution < 1.29 is 19.4 Å². The van der Waals surface area contributed by atoms with Gasteiger partial charge in [0, 0.05) is 30.8 Å². The number of aromatic hydroxyl groups is 1. The molecule has 0 aromatic carbocycles. The molecule has 0 atom stereocenters. The Bertz CT molecular complexity index is 1170. The van der Waals surface area contributed by atoms with Crippen LogP contribution in [-0.2, 0) is 16.1 Å². The molecule has 0 bridgehead atoms. The fraction of sp³-hybridized carbons (Fsp3) is 0.565. The second kappa shape index (κ2) is 8.66. The van der Waals surface area contributed by atoms with Crippen LogP contribution in [0, 0.1) is 5.92 Å². The lowest BCUT2D eigenvalue weighted by Gasteiger charge is -2.41. The molecule has 0 spiro atoms. The topological polar surface area (TPSA) is 118 Å². The SMILES string of the molecule is CC(C)Cn1c(O)c(C(=O)NC2CC2)c(=O)n2ncc(/C=C/C(=O)N3CCOCC3(C)C)c12. The molecule has 2 fully saturated rings. The molecule has 10 heteroatoms. The minimum atomic E-state index is -0.694. The molecule has 2 aromatic rings. The van der Waals surface area contributed by atoms with E-state index in [-0.39, 0.29) is 23.4 Å². The molecule has 178 valence electrons. The van der Waals surface area contributed by atoms with E-state index in [4.69, 9.17) is 4.74 Å². The number of morpholine rings is 1. The van der Waals surface area contributed by atoms with Crippen LogP contribution >= 0.6 is 0 Å². The van der Waals surface area contributed by atoms with Gasteiger partial charge >= 0.3 is 0 Å². The fourth-order valence-electron chi connectivity index (χ4n) is 4.07. The number of rotatable bonds is 6. The summed E-state index contributed by atoms with van der Waals surface area (Å²) in [6.07, 6.45) is 6.22. The molecule has 0 unspecified atom stereocenters. The van der Waals surface area contributed by atoms with E-state index < -0.39 is 22.9 Å². The molecule has 2 amide bonds. The van der Waals surface area contributed by atoms with E-state index in [2.05, 4.69) is 10.4 Å². The predicted molar refractivity (Wildman–Crippen MR) is 122 cm³/mol. The average molecular weight is 458 g/mol. The van der Waals surface area contributed by atoms with Gasteiger partial charge in [-0.25, -0.2) is 0 Å². The Morgan fingerprint density at radius 3 is 2.73 bits per heavy atom. The first-order valence-electron chi connectivity index (χ1n) is 11.3. The van der Waals surface area contributed by atoms with Crippen molar-refractivity contribution >= 4 is 23.5 Å². The third kappa shape index (κ3) is 4.52. The molecule has 1 saturated carbocycles. The van der Waals surface area contributed by atoms with E-state index in [0.29, 0.717) is 37.5 Å². The van der Waals surface area contributed by atoms with Gasteiger partial charge in [-0.15, -0.1) is 0 Å². The summed E-state index contributed by atoms with van der Waals surface area (Å²) < 4.78 is 8.12. The van der Waals surface area contributed by atoms with Crippen molar-refractivity contribution in [1.29, 1.82) is 0 Å². The monoisotopic (exact) mass is 457 g/mol. The average Bonchev–Trinajstić information content (AvgIpc) is 3.44. The number of carbonyl (C=O) groups excluding carboxylic acids is 2. The maximum absolute atomic E-state index is 13.1. The third-order valence-corrected chi connectivity index (χ3v) is 5.92. The number of aromatic nitrogens is 3. The molecule has 0 radical (unpaired) electrons. The van der Waals surface area contributed by atoms with Gasteiger partial charge in [0.05, 0.1) is 24.9 Å². The Morgan fingerprint density at radius 1 is 1.36 bits per heavy atom. The summed E-state index contributed by atoms with van der Waals surface area (Å²) in [7, 11) is 0. The first kappa shape index (κ1) is 23.0. The van der Waals surface area contributed by atoms with E-state index in [1.54, 1.807) is 11.0 Å². The van der Waals surface area contributed by atoms with Gasteiger partial charge in [0.25, 0.3) is 11.5 Å². The van der Waals surface area contributed by atoms with E-state index in [0.717, 1.165) is 17.4 Å². The lowest BCUT2D eigenvalue weighted by Crippen LogP contribution is -2.55. The zero-order valence-corrected chi connectivity index (χ0v) is 19.5. The standard InChI is InChI=1S/C23H31N5O5/c1-14(2)12-26-20-15(5-8-17(29)27-9-10-33-13-23(27,3)4)11-24-28(20)22(32)18(21(26)31)19(30)25-16-6-7-16/h5,8,11,14,16,31H,6-7,9-10,12-13H2,1-4H3,(H,25,30)/b8-5+. The fourth-order valence-corrected chi connectivity index (χ4v) is 4.07. The lowest BCUT2D eigenvalue weighted by molar-refractivity contribution is -0.140. The van der Waals surface area contributed by atoms with Crippen LogP contribution in [0.4, 0.5) is 0 Å². The minimum absolute atomic E-state index is 0.0390. The van der Waals surface area contributed by atoms with Crippen LogP contribution in [-0.4, -0.2) is 67.3 Å². The van der Waals surface area contributed by atoms with Gasteiger partial charge in [-0.3, -0.25) is 19.0 Å². The normalized spacial score (nSPS) is 18.4. The Morgan fingerprint density at radius 2 is 2.09 bits per heavy atom. The highest BCUT2D eigenvalue weighted by molar-refractivity contribution is 5.97. The first-order chi connectivity index (χ1) is 15.6. The maximum atomic E-state index is 13.1. The van der Waals surface area contributed by atoms with Gasteiger partial charge in [-0.1, -0.05) is 13.8 Å². The minimum Gasteiger partial charge on any atom is -0.494 e. The van der Waals surface area contributed by atoms with Gasteiger partial charge < -0.3 is 20.1 Å². The maximum Gasteiger partial charge on any atom is 0.291 e. The Hall–Kier alpha value is -3.14. The Kier molecular flexibility index (Phi) is 6.04. The molecule has 10 nitrogen and oxygen atoms in total. The predicted octanol–water partition coefficient (Wildman–Crippen LogP) is 1.40. The highest BCUT2D eigenvalue weighted by atomic mass is 16.5. The van der Waals surface area contributed by atoms with E-state index in [9.17, 15) is 19.5 Å². The largest absolute Gasteiger partial charge is 0.494 e. The van der Waals surface area contributed by atoms with Crippen molar-refractivity contribution in [2.45, 2.75) is 58.7 Å². The second-order valence-corrected chi connectivity index (χ2v) is 9.78. The van der Waals surface area contributed by atoms with Crippen molar-refractivity contribution in [2.75, 3.05) is 19.8 Å². The van der Waals surface area contributed by atoms with Gasteiger partial charge in [0.2, 0.25) is 11.8 Å². The van der Waals surface area contributed by atoms with Crippen LogP contribution in [0.25, 0.3) is 11.7 Å². The van der Waals surface area contributed by atoms with Crippen LogP contribution in [0.1, 0.15) is 56.5 Å². The summed E-state index contributed by atoms with van der Waals surface area (Å²) in [4.78, 5) is 40.4. The van der Waals surface area contributed by atoms with Gasteiger partial charge in [-0.05, 0) is 38.7 Å². The van der Waals surface area contributed by atoms with Crippen molar-refractivity contribution in [3.8, 4) is 5.88 Å². The summed E-state index contributed by atoms with van der Waals surface area (Å²) in [5.41, 5.74) is -0.611. The molecule has 33 heavy (non-hydrogen) atoms. The Labute approximate surface area is 191 Å². The number of nitrogens with zero attached hydrogens (tertiary/aromatic N) is 4. The molecule has 3 heterocycles. The summed E-state index contributed by atoms with van der Waals surface area (Å²) in [5, 5.41) is 17.9. The highest BCUT2D eigenvalue weighted by Gasteiger charge is 2.33. The summed E-state index contributed by atoms with van der Waals surface area (Å²) in [5.74, 6) is -1.05. The smallest absolute Gasteiger partial charge is 0.291 e. The summed E-state index contributed by atoms with van der Waals surface area (Å²) in [6, 6.07) is 0.0390. The van der Waals surface area contributed by atoms with Crippen molar-refractivity contribution in [3.05, 3.63) is 33.8 Å². The lowest BCUT2D eigenvalue weighted by atomic mass is 10.0.